The van der Waals surface area contributed by atoms with Gasteiger partial charge in [-0.15, -0.1) is 5.10 Å². The number of hydrogen-bond donors (Lipinski definition) is 2. The van der Waals surface area contributed by atoms with E-state index in [0.717, 1.165) is 11.1 Å². The predicted octanol–water partition coefficient (Wildman–Crippen LogP) is 3.44. The van der Waals surface area contributed by atoms with E-state index >= 15 is 9.59 Å². The molecule has 4 aromatic rings. The Labute approximate surface area is 319 Å². The number of carbonyl (C=O) groups is 4. The maximum atomic E-state index is 15.3. The van der Waals surface area contributed by atoms with Gasteiger partial charge in [0.1, 0.15) is 36.5 Å². The molecule has 0 saturated carbocycles. The number of ether oxygens (including phenoxy) is 2. The lowest BCUT2D eigenvalue weighted by Crippen LogP contribution is -2.59. The summed E-state index contributed by atoms with van der Waals surface area (Å²) in [5.74, 6) is -3.98. The van der Waals surface area contributed by atoms with E-state index in [-0.39, 0.29) is 32.7 Å². The highest BCUT2D eigenvalue weighted by Crippen LogP contribution is 2.59. The van der Waals surface area contributed by atoms with E-state index in [1.54, 1.807) is 21.7 Å². The molecule has 2 saturated heterocycles. The van der Waals surface area contributed by atoms with Gasteiger partial charge in [-0.25, -0.2) is 4.68 Å². The zero-order valence-electron chi connectivity index (χ0n) is 29.2. The van der Waals surface area contributed by atoms with Crippen LogP contribution < -0.4 is 5.32 Å². The number of nitrogens with one attached hydrogen (secondary N) is 1. The van der Waals surface area contributed by atoms with Crippen LogP contribution in [0.3, 0.4) is 0 Å². The Morgan fingerprint density at radius 1 is 0.944 bits per heavy atom. The summed E-state index contributed by atoms with van der Waals surface area (Å²) in [6, 6.07) is 23.2. The molecule has 4 aliphatic heterocycles. The minimum atomic E-state index is -1.54. The van der Waals surface area contributed by atoms with Gasteiger partial charge in [0, 0.05) is 17.4 Å². The third-order valence-corrected chi connectivity index (χ3v) is 11.5. The minimum absolute atomic E-state index is 0.0233. The van der Waals surface area contributed by atoms with Gasteiger partial charge in [-0.2, -0.15) is 0 Å². The van der Waals surface area contributed by atoms with Crippen LogP contribution in [-0.4, -0.2) is 97.1 Å². The molecular formula is C40H39BrN6O7. The van der Waals surface area contributed by atoms with E-state index in [9.17, 15) is 14.7 Å². The number of fused-ring (bicyclic) bond motifs is 3. The van der Waals surface area contributed by atoms with Crippen LogP contribution in [0, 0.1) is 11.8 Å². The van der Waals surface area contributed by atoms with E-state index in [2.05, 4.69) is 31.6 Å². The highest BCUT2D eigenvalue weighted by molar-refractivity contribution is 9.11. The molecule has 2 fully saturated rings. The molecule has 0 aliphatic carbocycles. The molecule has 278 valence electrons. The molecule has 1 aromatic heterocycles. The molecule has 0 unspecified atom stereocenters. The average Bonchev–Trinajstić information content (AvgIpc) is 3.92. The molecule has 8 rings (SSSR count). The van der Waals surface area contributed by atoms with Gasteiger partial charge in [-0.05, 0) is 42.2 Å². The average molecular weight is 796 g/mol. The molecule has 3 amide bonds. The number of para-hydroxylation sites is 1. The number of carbonyl (C=O) groups excluding carboxylic acids is 4. The number of hydrogen-bond acceptors (Lipinski definition) is 9. The number of rotatable bonds is 7. The number of amides is 3. The second-order valence-corrected chi connectivity index (χ2v) is 15.0. The van der Waals surface area contributed by atoms with Crippen LogP contribution in [0.1, 0.15) is 30.0 Å². The largest absolute Gasteiger partial charge is 0.463 e. The standard InChI is InChI=1S/C40H39BrN6O7/c41-28-21-40-34-33(35(28)54-40)37(50)42-30(26-14-6-2-7-15-26)23-53-32(49)18-8-3-11-19-45(24-46-31-17-10-9-16-29(31)43-44-46)39(52)36(40)47(38(34)51)27(22-48)20-25-12-4-1-5-13-25/h1-7,9-17,21,27,30,33-36,48H,8,18-20,22-24H2,(H,42,50)/b11-3-/t27-,30-,33-,34+,35-,36-,40+/m1/s1. The molecule has 4 aliphatic rings. The van der Waals surface area contributed by atoms with E-state index < -0.39 is 72.0 Å². The molecule has 7 atom stereocenters. The molecular weight excluding hydrogens is 756 g/mol. The number of aromatic nitrogens is 3. The third-order valence-electron chi connectivity index (χ3n) is 10.8. The van der Waals surface area contributed by atoms with Crippen molar-refractivity contribution in [2.75, 3.05) is 19.8 Å². The number of aliphatic hydroxyl groups is 1. The summed E-state index contributed by atoms with van der Waals surface area (Å²) in [4.78, 5) is 60.8. The van der Waals surface area contributed by atoms with Crippen molar-refractivity contribution in [1.82, 2.24) is 30.1 Å². The van der Waals surface area contributed by atoms with E-state index in [4.69, 9.17) is 9.47 Å². The second kappa shape index (κ2) is 14.9. The van der Waals surface area contributed by atoms with E-state index in [1.807, 2.05) is 91.0 Å². The fourth-order valence-corrected chi connectivity index (χ4v) is 9.02. The molecule has 0 radical (unpaired) electrons. The first kappa shape index (κ1) is 35.8. The van der Waals surface area contributed by atoms with Crippen molar-refractivity contribution in [3.05, 3.63) is 119 Å². The summed E-state index contributed by atoms with van der Waals surface area (Å²) in [5, 5.41) is 22.6. The van der Waals surface area contributed by atoms with Crippen LogP contribution >= 0.6 is 15.9 Å². The number of allylic oxidation sites excluding steroid dienone is 1. The number of halogens is 1. The Kier molecular flexibility index (Phi) is 9.90. The highest BCUT2D eigenvalue weighted by Gasteiger charge is 2.75. The van der Waals surface area contributed by atoms with Crippen LogP contribution in [0.2, 0.25) is 0 Å². The lowest BCUT2D eigenvalue weighted by molar-refractivity contribution is -0.151. The van der Waals surface area contributed by atoms with Gasteiger partial charge in [-0.1, -0.05) is 106 Å². The molecule has 13 nitrogen and oxygen atoms in total. The first-order valence-corrected chi connectivity index (χ1v) is 18.8. The number of aliphatic hydroxyl groups excluding tert-OH is 1. The lowest BCUT2D eigenvalue weighted by Gasteiger charge is -2.38. The van der Waals surface area contributed by atoms with Gasteiger partial charge >= 0.3 is 5.97 Å². The summed E-state index contributed by atoms with van der Waals surface area (Å²) in [7, 11) is 0. The Bertz CT molecular complexity index is 2130. The van der Waals surface area contributed by atoms with Gasteiger partial charge in [0.2, 0.25) is 11.8 Å². The van der Waals surface area contributed by atoms with Gasteiger partial charge < -0.3 is 29.7 Å². The smallest absolute Gasteiger partial charge is 0.306 e. The molecule has 5 bridgehead atoms. The summed E-state index contributed by atoms with van der Waals surface area (Å²) in [5.41, 5.74) is 1.40. The van der Waals surface area contributed by atoms with Crippen molar-refractivity contribution in [3.63, 3.8) is 0 Å². The van der Waals surface area contributed by atoms with Crippen molar-refractivity contribution in [1.29, 1.82) is 0 Å². The predicted molar refractivity (Wildman–Crippen MR) is 199 cm³/mol. The van der Waals surface area contributed by atoms with Gasteiger partial charge in [0.05, 0.1) is 36.0 Å². The SMILES string of the molecule is O=C1CC/C=C\CN(Cn2nnc3ccccc32)C(=O)[C@H]2N([C@@H](CO)Cc3ccccc3)C(=O)[C@@H]3[C@@H](C(=O)N[C@@H](c4ccccc4)CO1)[C@@H]1O[C@@]32C=C1Br. The van der Waals surface area contributed by atoms with Crippen LogP contribution in [0.25, 0.3) is 11.0 Å². The van der Waals surface area contributed by atoms with Crippen LogP contribution in [0.15, 0.2) is 108 Å². The number of nitrogens with zero attached hydrogens (tertiary/aromatic N) is 5. The number of cyclic esters (lactones) is 1. The maximum Gasteiger partial charge on any atom is 0.306 e. The molecule has 14 heteroatoms. The monoisotopic (exact) mass is 794 g/mol. The fourth-order valence-electron chi connectivity index (χ4n) is 8.28. The highest BCUT2D eigenvalue weighted by atomic mass is 79.9. The van der Waals surface area contributed by atoms with Gasteiger partial charge in [0.25, 0.3) is 5.91 Å². The van der Waals surface area contributed by atoms with Crippen LogP contribution in [-0.2, 0) is 41.7 Å². The van der Waals surface area contributed by atoms with Crippen molar-refractivity contribution < 1.29 is 33.8 Å². The minimum Gasteiger partial charge on any atom is -0.463 e. The third kappa shape index (κ3) is 6.41. The lowest BCUT2D eigenvalue weighted by atomic mass is 9.74. The maximum absolute atomic E-state index is 15.3. The van der Waals surface area contributed by atoms with Gasteiger partial charge in [-0.3, -0.25) is 19.2 Å². The van der Waals surface area contributed by atoms with E-state index in [0.29, 0.717) is 21.9 Å². The van der Waals surface area contributed by atoms with E-state index in [1.165, 1.54) is 4.90 Å². The first-order valence-electron chi connectivity index (χ1n) is 18.0. The number of benzene rings is 3. The molecule has 1 spiro atoms. The van der Waals surface area contributed by atoms with Gasteiger partial charge in [0.15, 0.2) is 0 Å². The molecule has 5 heterocycles. The molecule has 2 N–H and O–H groups in total. The second-order valence-electron chi connectivity index (χ2n) is 14.0. The first-order chi connectivity index (χ1) is 26.3. The topological polar surface area (TPSA) is 156 Å². The summed E-state index contributed by atoms with van der Waals surface area (Å²) < 4.78 is 14.6. The van der Waals surface area contributed by atoms with Crippen molar-refractivity contribution >= 4 is 50.7 Å². The zero-order valence-corrected chi connectivity index (χ0v) is 30.8. The Morgan fingerprint density at radius 3 is 2.46 bits per heavy atom. The fraction of sp³-hybridized carbons (Fsp3) is 0.350. The van der Waals surface area contributed by atoms with Crippen LogP contribution in [0.5, 0.6) is 0 Å². The Morgan fingerprint density at radius 2 is 1.69 bits per heavy atom. The summed E-state index contributed by atoms with van der Waals surface area (Å²) >= 11 is 3.63. The number of esters is 1. The quantitative estimate of drug-likeness (QED) is 0.212. The van der Waals surface area contributed by atoms with Crippen molar-refractivity contribution in [3.8, 4) is 0 Å². The summed E-state index contributed by atoms with van der Waals surface area (Å²) in [6.07, 6.45) is 5.21. The molecule has 54 heavy (non-hydrogen) atoms. The zero-order chi connectivity index (χ0) is 37.4. The number of likely N-dealkylation sites (tertiary alicyclic amines) is 1. The van der Waals surface area contributed by atoms with Crippen LogP contribution in [0.4, 0.5) is 0 Å². The van der Waals surface area contributed by atoms with Crippen molar-refractivity contribution in [2.24, 2.45) is 11.8 Å². The Hall–Kier alpha value is -5.18. The summed E-state index contributed by atoms with van der Waals surface area (Å²) in [6.45, 7) is -0.482. The molecule has 3 aromatic carbocycles. The normalized spacial score (nSPS) is 28.5. The van der Waals surface area contributed by atoms with Crippen molar-refractivity contribution in [2.45, 2.75) is 55.8 Å². The Balaban J connectivity index is 1.24.